The Labute approximate surface area is 120 Å². The molecule has 102 valence electrons. The maximum atomic E-state index is 13.3. The summed E-state index contributed by atoms with van der Waals surface area (Å²) in [6, 6.07) is 4.82. The van der Waals surface area contributed by atoms with Gasteiger partial charge in [0.1, 0.15) is 11.6 Å². The number of nitrogens with one attached hydrogen (secondary N) is 2. The lowest BCUT2D eigenvalue weighted by Crippen LogP contribution is -2.25. The number of aromatic amines is 1. The summed E-state index contributed by atoms with van der Waals surface area (Å²) in [6.07, 6.45) is 5.26. The summed E-state index contributed by atoms with van der Waals surface area (Å²) in [5.74, 6) is 0.663. The van der Waals surface area contributed by atoms with E-state index in [1.165, 1.54) is 6.07 Å². The zero-order valence-corrected chi connectivity index (χ0v) is 12.4. The van der Waals surface area contributed by atoms with Gasteiger partial charge in [0.05, 0.1) is 6.04 Å². The third-order valence-corrected chi connectivity index (χ3v) is 3.70. The molecular formula is C14H17BrFN3. The number of hydrogen-bond donors (Lipinski definition) is 2. The van der Waals surface area contributed by atoms with Gasteiger partial charge in [0.15, 0.2) is 0 Å². The lowest BCUT2D eigenvalue weighted by Gasteiger charge is -2.17. The summed E-state index contributed by atoms with van der Waals surface area (Å²) in [4.78, 5) is 7.41. The van der Waals surface area contributed by atoms with Gasteiger partial charge in [-0.2, -0.15) is 0 Å². The van der Waals surface area contributed by atoms with Crippen molar-refractivity contribution in [2.24, 2.45) is 0 Å². The van der Waals surface area contributed by atoms with Crippen molar-refractivity contribution in [1.29, 1.82) is 0 Å². The second kappa shape index (κ2) is 6.82. The second-order valence-corrected chi connectivity index (χ2v) is 5.28. The highest BCUT2D eigenvalue weighted by molar-refractivity contribution is 9.10. The number of hydrogen-bond acceptors (Lipinski definition) is 2. The molecule has 0 fully saturated rings. The Balaban J connectivity index is 2.17. The summed E-state index contributed by atoms with van der Waals surface area (Å²) in [5.41, 5.74) is 0.935. The van der Waals surface area contributed by atoms with E-state index in [9.17, 15) is 4.39 Å². The van der Waals surface area contributed by atoms with Crippen LogP contribution in [0.5, 0.6) is 0 Å². The van der Waals surface area contributed by atoms with Crippen LogP contribution < -0.4 is 5.32 Å². The Bertz CT molecular complexity index is 513. The van der Waals surface area contributed by atoms with Crippen molar-refractivity contribution < 1.29 is 4.39 Å². The van der Waals surface area contributed by atoms with Gasteiger partial charge in [0.2, 0.25) is 0 Å². The van der Waals surface area contributed by atoms with Crippen LogP contribution in [-0.4, -0.2) is 16.5 Å². The van der Waals surface area contributed by atoms with Gasteiger partial charge in [-0.1, -0.05) is 22.9 Å². The molecule has 1 aromatic carbocycles. The maximum Gasteiger partial charge on any atom is 0.123 e. The van der Waals surface area contributed by atoms with Crippen LogP contribution in [0.2, 0.25) is 0 Å². The molecule has 3 nitrogen and oxygen atoms in total. The minimum absolute atomic E-state index is 0.0630. The van der Waals surface area contributed by atoms with Gasteiger partial charge in [-0.15, -0.1) is 0 Å². The van der Waals surface area contributed by atoms with Crippen molar-refractivity contribution >= 4 is 15.9 Å². The van der Waals surface area contributed by atoms with Crippen LogP contribution in [0.15, 0.2) is 35.1 Å². The number of halogens is 2. The van der Waals surface area contributed by atoms with Gasteiger partial charge in [-0.05, 0) is 43.1 Å². The van der Waals surface area contributed by atoms with Gasteiger partial charge in [-0.3, -0.25) is 0 Å². The van der Waals surface area contributed by atoms with E-state index in [0.717, 1.165) is 28.8 Å². The molecule has 0 aliphatic rings. The zero-order valence-electron chi connectivity index (χ0n) is 10.8. The van der Waals surface area contributed by atoms with Crippen molar-refractivity contribution in [3.05, 3.63) is 52.3 Å². The van der Waals surface area contributed by atoms with Gasteiger partial charge in [-0.25, -0.2) is 9.37 Å². The molecule has 0 radical (unpaired) electrons. The summed E-state index contributed by atoms with van der Waals surface area (Å²) in [6.45, 7) is 3.02. The van der Waals surface area contributed by atoms with Crippen LogP contribution in [0.4, 0.5) is 4.39 Å². The predicted octanol–water partition coefficient (Wildman–Crippen LogP) is 3.59. The lowest BCUT2D eigenvalue weighted by molar-refractivity contribution is 0.506. The molecular weight excluding hydrogens is 309 g/mol. The van der Waals surface area contributed by atoms with E-state index >= 15 is 0 Å². The van der Waals surface area contributed by atoms with Crippen molar-refractivity contribution in [3.8, 4) is 0 Å². The largest absolute Gasteiger partial charge is 0.347 e. The molecule has 2 N–H and O–H groups in total. The minimum Gasteiger partial charge on any atom is -0.347 e. The first-order valence-corrected chi connectivity index (χ1v) is 7.16. The quantitative estimate of drug-likeness (QED) is 0.852. The molecule has 0 amide bonds. The molecule has 2 rings (SSSR count). The first kappa shape index (κ1) is 14.2. The van der Waals surface area contributed by atoms with Crippen molar-refractivity contribution in [2.75, 3.05) is 6.54 Å². The molecule has 1 unspecified atom stereocenters. The fourth-order valence-corrected chi connectivity index (χ4v) is 2.38. The van der Waals surface area contributed by atoms with E-state index in [1.807, 2.05) is 0 Å². The second-order valence-electron chi connectivity index (χ2n) is 4.42. The van der Waals surface area contributed by atoms with Crippen molar-refractivity contribution in [3.63, 3.8) is 0 Å². The topological polar surface area (TPSA) is 40.7 Å². The number of nitrogens with zero attached hydrogens (tertiary/aromatic N) is 1. The van der Waals surface area contributed by atoms with Crippen LogP contribution in [0.3, 0.4) is 0 Å². The van der Waals surface area contributed by atoms with E-state index < -0.39 is 0 Å². The third kappa shape index (κ3) is 3.88. The SMILES string of the molecule is CCCNC(Cc1cc(F)ccc1Br)c1ncc[nH]1. The first-order chi connectivity index (χ1) is 9.20. The summed E-state index contributed by atoms with van der Waals surface area (Å²) >= 11 is 3.47. The van der Waals surface area contributed by atoms with Crippen molar-refractivity contribution in [2.45, 2.75) is 25.8 Å². The van der Waals surface area contributed by atoms with E-state index in [-0.39, 0.29) is 11.9 Å². The number of rotatable bonds is 6. The zero-order chi connectivity index (χ0) is 13.7. The van der Waals surface area contributed by atoms with Crippen molar-refractivity contribution in [1.82, 2.24) is 15.3 Å². The fourth-order valence-electron chi connectivity index (χ4n) is 1.97. The number of imidazole rings is 1. The average Bonchev–Trinajstić information content (AvgIpc) is 2.92. The Kier molecular flexibility index (Phi) is 5.10. The smallest absolute Gasteiger partial charge is 0.123 e. The van der Waals surface area contributed by atoms with E-state index in [2.05, 4.69) is 38.1 Å². The molecule has 1 atom stereocenters. The monoisotopic (exact) mass is 325 g/mol. The first-order valence-electron chi connectivity index (χ1n) is 6.37. The van der Waals surface area contributed by atoms with E-state index in [4.69, 9.17) is 0 Å². The summed E-state index contributed by atoms with van der Waals surface area (Å²) in [5, 5.41) is 3.43. The molecule has 0 bridgehead atoms. The van der Waals surface area contributed by atoms with E-state index in [0.29, 0.717) is 6.42 Å². The average molecular weight is 326 g/mol. The molecule has 5 heteroatoms. The molecule has 0 saturated carbocycles. The molecule has 0 aliphatic heterocycles. The molecule has 0 aliphatic carbocycles. The van der Waals surface area contributed by atoms with Crippen LogP contribution in [0, 0.1) is 5.82 Å². The Morgan fingerprint density at radius 1 is 1.47 bits per heavy atom. The van der Waals surface area contributed by atoms with Gasteiger partial charge < -0.3 is 10.3 Å². The number of H-pyrrole nitrogens is 1. The summed E-state index contributed by atoms with van der Waals surface area (Å²) in [7, 11) is 0. The minimum atomic E-state index is -0.216. The predicted molar refractivity (Wildman–Crippen MR) is 77.4 cm³/mol. The number of aromatic nitrogens is 2. The van der Waals surface area contributed by atoms with Gasteiger partial charge >= 0.3 is 0 Å². The Morgan fingerprint density at radius 2 is 2.32 bits per heavy atom. The molecule has 0 saturated heterocycles. The standard InChI is InChI=1S/C14H17BrFN3/c1-2-5-17-13(14-18-6-7-19-14)9-10-8-11(16)3-4-12(10)15/h3-4,6-8,13,17H,2,5,9H2,1H3,(H,18,19). The molecule has 1 heterocycles. The van der Waals surface area contributed by atoms with E-state index in [1.54, 1.807) is 24.5 Å². The molecule has 2 aromatic rings. The third-order valence-electron chi connectivity index (χ3n) is 2.92. The van der Waals surface area contributed by atoms with Crippen LogP contribution in [0.1, 0.15) is 30.8 Å². The number of benzene rings is 1. The van der Waals surface area contributed by atoms with Crippen LogP contribution >= 0.6 is 15.9 Å². The van der Waals surface area contributed by atoms with Crippen LogP contribution in [0.25, 0.3) is 0 Å². The lowest BCUT2D eigenvalue weighted by atomic mass is 10.1. The maximum absolute atomic E-state index is 13.3. The van der Waals surface area contributed by atoms with Gasteiger partial charge in [0, 0.05) is 16.9 Å². The Morgan fingerprint density at radius 3 is 3.00 bits per heavy atom. The highest BCUT2D eigenvalue weighted by Crippen LogP contribution is 2.23. The van der Waals surface area contributed by atoms with Gasteiger partial charge in [0.25, 0.3) is 0 Å². The molecule has 0 spiro atoms. The highest BCUT2D eigenvalue weighted by atomic mass is 79.9. The molecule has 19 heavy (non-hydrogen) atoms. The normalized spacial score (nSPS) is 12.6. The molecule has 1 aromatic heterocycles. The fraction of sp³-hybridized carbons (Fsp3) is 0.357. The Hall–Kier alpha value is -1.20. The summed E-state index contributed by atoms with van der Waals surface area (Å²) < 4.78 is 14.2. The van der Waals surface area contributed by atoms with Crippen LogP contribution in [-0.2, 0) is 6.42 Å². The highest BCUT2D eigenvalue weighted by Gasteiger charge is 2.15.